The molecule has 0 N–H and O–H groups in total. The number of nitrogens with zero attached hydrogens (tertiary/aromatic N) is 3. The first-order valence-electron chi connectivity index (χ1n) is 9.35. The number of hydrogen-bond acceptors (Lipinski definition) is 4. The third-order valence-corrected chi connectivity index (χ3v) is 7.90. The smallest absolute Gasteiger partial charge is 0.244 e. The lowest BCUT2D eigenvalue weighted by Gasteiger charge is -2.18. The molecule has 0 aliphatic heterocycles. The van der Waals surface area contributed by atoms with Gasteiger partial charge >= 0.3 is 0 Å². The lowest BCUT2D eigenvalue weighted by atomic mass is 10.2. The Bertz CT molecular complexity index is 1160. The zero-order valence-corrected chi connectivity index (χ0v) is 20.3. The first-order chi connectivity index (χ1) is 13.8. The van der Waals surface area contributed by atoms with Crippen LogP contribution in [0.5, 0.6) is 0 Å². The van der Waals surface area contributed by atoms with Gasteiger partial charge in [-0.25, -0.2) is 17.7 Å². The molecule has 0 fully saturated rings. The van der Waals surface area contributed by atoms with Crippen LogP contribution in [0.1, 0.15) is 19.8 Å². The highest BCUT2D eigenvalue weighted by Crippen LogP contribution is 2.30. The first kappa shape index (κ1) is 24.6. The highest BCUT2D eigenvalue weighted by Gasteiger charge is 2.24. The summed E-state index contributed by atoms with van der Waals surface area (Å²) in [6.45, 7) is 2.49. The predicted octanol–water partition coefficient (Wildman–Crippen LogP) is 5.48. The van der Waals surface area contributed by atoms with Crippen LogP contribution in [0.4, 0.5) is 5.69 Å². The van der Waals surface area contributed by atoms with Gasteiger partial charge in [0.1, 0.15) is 4.90 Å². The van der Waals surface area contributed by atoms with Crippen molar-refractivity contribution in [2.24, 2.45) is 12.0 Å². The molecule has 2 aromatic carbocycles. The van der Waals surface area contributed by atoms with E-state index in [1.54, 1.807) is 19.2 Å². The van der Waals surface area contributed by atoms with E-state index in [4.69, 9.17) is 11.6 Å². The van der Waals surface area contributed by atoms with Crippen LogP contribution in [0.25, 0.3) is 11.3 Å². The molecule has 9 heteroatoms. The van der Waals surface area contributed by atoms with Crippen LogP contribution >= 0.6 is 35.3 Å². The van der Waals surface area contributed by atoms with Crippen LogP contribution in [0.2, 0.25) is 5.02 Å². The molecule has 0 bridgehead atoms. The number of thiazole rings is 1. The fourth-order valence-electron chi connectivity index (χ4n) is 2.87. The lowest BCUT2D eigenvalue weighted by molar-refractivity contribution is 0.459. The molecular weight excluding hydrogens is 461 g/mol. The van der Waals surface area contributed by atoms with E-state index in [0.29, 0.717) is 6.54 Å². The van der Waals surface area contributed by atoms with Crippen molar-refractivity contribution >= 4 is 51.1 Å². The van der Waals surface area contributed by atoms with E-state index in [-0.39, 0.29) is 22.3 Å². The molecule has 3 aromatic rings. The van der Waals surface area contributed by atoms with Crippen LogP contribution in [-0.4, -0.2) is 30.9 Å². The largest absolute Gasteiger partial charge is 0.320 e. The van der Waals surface area contributed by atoms with E-state index >= 15 is 0 Å². The van der Waals surface area contributed by atoms with Crippen molar-refractivity contribution < 1.29 is 8.42 Å². The average molecular weight is 486 g/mol. The Morgan fingerprint density at radius 3 is 2.53 bits per heavy atom. The van der Waals surface area contributed by atoms with Gasteiger partial charge in [0.25, 0.3) is 0 Å². The Morgan fingerprint density at radius 2 is 1.87 bits per heavy atom. The number of hydrogen-bond donors (Lipinski definition) is 0. The van der Waals surface area contributed by atoms with Crippen molar-refractivity contribution in [1.29, 1.82) is 0 Å². The quantitative estimate of drug-likeness (QED) is 0.444. The summed E-state index contributed by atoms with van der Waals surface area (Å²) in [5.74, 6) is 0. The molecule has 5 nitrogen and oxygen atoms in total. The van der Waals surface area contributed by atoms with Crippen LogP contribution in [0.3, 0.4) is 0 Å². The van der Waals surface area contributed by atoms with Crippen molar-refractivity contribution in [1.82, 2.24) is 8.87 Å². The van der Waals surface area contributed by atoms with E-state index < -0.39 is 10.0 Å². The van der Waals surface area contributed by atoms with Crippen LogP contribution in [-0.2, 0) is 17.1 Å². The Hall–Kier alpha value is -1.64. The molecule has 1 heterocycles. The minimum absolute atomic E-state index is 0. The second kappa shape index (κ2) is 10.6. The monoisotopic (exact) mass is 485 g/mol. The van der Waals surface area contributed by atoms with Gasteiger partial charge < -0.3 is 4.57 Å². The summed E-state index contributed by atoms with van der Waals surface area (Å²) in [4.78, 5) is 5.62. The predicted molar refractivity (Wildman–Crippen MR) is 127 cm³/mol. The van der Waals surface area contributed by atoms with Gasteiger partial charge in [0.15, 0.2) is 4.80 Å². The highest BCUT2D eigenvalue weighted by molar-refractivity contribution is 7.89. The molecule has 1 aromatic heterocycles. The first-order valence-corrected chi connectivity index (χ1v) is 12.0. The van der Waals surface area contributed by atoms with Gasteiger partial charge in [-0.15, -0.1) is 23.7 Å². The number of rotatable bonds is 7. The third-order valence-electron chi connectivity index (χ3n) is 4.65. The second-order valence-corrected chi connectivity index (χ2v) is 9.99. The van der Waals surface area contributed by atoms with Gasteiger partial charge in [0.05, 0.1) is 16.4 Å². The van der Waals surface area contributed by atoms with Gasteiger partial charge in [0, 0.05) is 31.6 Å². The third kappa shape index (κ3) is 5.34. The molecule has 0 saturated carbocycles. The van der Waals surface area contributed by atoms with Crippen LogP contribution < -0.4 is 4.80 Å². The standard InChI is InChI=1S/C21H24ClN3O2S2.ClH/c1-4-5-13-24(2)29(26,27)20-14-16(11-12-18(20)22)19-15-28-21(25(19)3)23-17-9-7-6-8-10-17;/h6-12,14-15H,4-5,13H2,1-3H3;1H. The molecule has 0 aliphatic rings. The molecule has 3 rings (SSSR count). The molecule has 0 saturated heterocycles. The summed E-state index contributed by atoms with van der Waals surface area (Å²) >= 11 is 7.77. The second-order valence-electron chi connectivity index (χ2n) is 6.74. The molecule has 0 atom stereocenters. The molecule has 0 amide bonds. The number of benzene rings is 2. The zero-order chi connectivity index (χ0) is 21.0. The minimum atomic E-state index is -3.65. The molecule has 0 aliphatic carbocycles. The fourth-order valence-corrected chi connectivity index (χ4v) is 5.51. The van der Waals surface area contributed by atoms with Crippen molar-refractivity contribution in [2.75, 3.05) is 13.6 Å². The van der Waals surface area contributed by atoms with Gasteiger partial charge in [-0.2, -0.15) is 0 Å². The molecule has 30 heavy (non-hydrogen) atoms. The maximum atomic E-state index is 13.0. The number of sulfonamides is 1. The normalized spacial score (nSPS) is 12.2. The maximum absolute atomic E-state index is 13.0. The summed E-state index contributed by atoms with van der Waals surface area (Å²) in [7, 11) is -0.142. The van der Waals surface area contributed by atoms with Gasteiger partial charge in [-0.1, -0.05) is 49.2 Å². The molecule has 0 unspecified atom stereocenters. The zero-order valence-electron chi connectivity index (χ0n) is 17.1. The Kier molecular flexibility index (Phi) is 8.70. The number of halogens is 2. The van der Waals surface area contributed by atoms with Gasteiger partial charge in [-0.05, 0) is 30.7 Å². The summed E-state index contributed by atoms with van der Waals surface area (Å²) in [6.07, 6.45) is 1.73. The number of aromatic nitrogens is 1. The summed E-state index contributed by atoms with van der Waals surface area (Å²) in [5.41, 5.74) is 2.53. The van der Waals surface area contributed by atoms with E-state index in [2.05, 4.69) is 4.99 Å². The maximum Gasteiger partial charge on any atom is 0.244 e. The summed E-state index contributed by atoms with van der Waals surface area (Å²) in [5, 5.41) is 2.20. The highest BCUT2D eigenvalue weighted by atomic mass is 35.5. The average Bonchev–Trinajstić information content (AvgIpc) is 3.07. The van der Waals surface area contributed by atoms with Crippen molar-refractivity contribution in [3.63, 3.8) is 0 Å². The minimum Gasteiger partial charge on any atom is -0.320 e. The van der Waals surface area contributed by atoms with E-state index in [1.165, 1.54) is 15.6 Å². The van der Waals surface area contributed by atoms with E-state index in [0.717, 1.165) is 34.6 Å². The topological polar surface area (TPSA) is 54.7 Å². The van der Waals surface area contributed by atoms with Crippen molar-refractivity contribution in [3.8, 4) is 11.3 Å². The van der Waals surface area contributed by atoms with Crippen LogP contribution in [0, 0.1) is 0 Å². The Labute approximate surface area is 193 Å². The van der Waals surface area contributed by atoms with E-state index in [1.807, 2.05) is 60.3 Å². The fraction of sp³-hybridized carbons (Fsp3) is 0.286. The molecule has 0 radical (unpaired) electrons. The van der Waals surface area contributed by atoms with Crippen molar-refractivity contribution in [3.05, 3.63) is 63.7 Å². The van der Waals surface area contributed by atoms with Gasteiger partial charge in [0.2, 0.25) is 10.0 Å². The summed E-state index contributed by atoms with van der Waals surface area (Å²) in [6, 6.07) is 14.8. The SMILES string of the molecule is CCCCN(C)S(=O)(=O)c1cc(-c2csc(=Nc3ccccc3)n2C)ccc1Cl.Cl. The lowest BCUT2D eigenvalue weighted by Crippen LogP contribution is -2.28. The van der Waals surface area contributed by atoms with E-state index in [9.17, 15) is 8.42 Å². The number of para-hydroxylation sites is 1. The Morgan fingerprint density at radius 1 is 1.17 bits per heavy atom. The summed E-state index contributed by atoms with van der Waals surface area (Å²) < 4.78 is 29.3. The molecule has 0 spiro atoms. The molecule has 162 valence electrons. The Balaban J connectivity index is 0.00000320. The molecular formula is C21H25Cl2N3O2S2. The van der Waals surface area contributed by atoms with Gasteiger partial charge in [-0.3, -0.25) is 0 Å². The van der Waals surface area contributed by atoms with Crippen molar-refractivity contribution in [2.45, 2.75) is 24.7 Å². The number of unbranched alkanes of at least 4 members (excludes halogenated alkanes) is 1. The van der Waals surface area contributed by atoms with Crippen LogP contribution in [0.15, 0.2) is 63.8 Å².